The highest BCUT2D eigenvalue weighted by Crippen LogP contribution is 2.22. The molecule has 11 heavy (non-hydrogen) atoms. The average molecular weight is 190 g/mol. The molecule has 0 saturated heterocycles. The third-order valence-corrected chi connectivity index (χ3v) is 2.11. The molecule has 4 nitrogen and oxygen atoms in total. The van der Waals surface area contributed by atoms with Crippen LogP contribution in [-0.4, -0.2) is 25.1 Å². The first-order chi connectivity index (χ1) is 4.67. The van der Waals surface area contributed by atoms with Crippen LogP contribution in [-0.2, 0) is 14.3 Å². The molecule has 1 atom stereocenters. The maximum absolute atomic E-state index is 12.0. The fourth-order valence-electron chi connectivity index (χ4n) is 0.268. The van der Waals surface area contributed by atoms with E-state index in [-0.39, 0.29) is 6.92 Å². The summed E-state index contributed by atoms with van der Waals surface area (Å²) in [6, 6.07) is 0. The summed E-state index contributed by atoms with van der Waals surface area (Å²) >= 11 is 0. The molecule has 0 aromatic carbocycles. The first-order valence-corrected chi connectivity index (χ1v) is 4.06. The van der Waals surface area contributed by atoms with E-state index in [9.17, 15) is 17.2 Å². The molecule has 0 aliphatic heterocycles. The second-order valence-corrected chi connectivity index (χ2v) is 3.78. The Bertz CT molecular complexity index is 215. The van der Waals surface area contributed by atoms with Crippen molar-refractivity contribution in [3.63, 3.8) is 0 Å². The van der Waals surface area contributed by atoms with E-state index in [1.165, 1.54) is 0 Å². The summed E-state index contributed by atoms with van der Waals surface area (Å²) in [6.45, 7) is 1.09. The van der Waals surface area contributed by atoms with Crippen molar-refractivity contribution in [3.8, 4) is 0 Å². The van der Waals surface area contributed by atoms with E-state index in [0.717, 1.165) is 6.92 Å². The molecule has 0 aromatic heterocycles. The topological polar surface area (TPSA) is 63.6 Å². The van der Waals surface area contributed by atoms with Gasteiger partial charge in [0.2, 0.25) is 0 Å². The van der Waals surface area contributed by atoms with E-state index in [1.54, 1.807) is 0 Å². The maximum Gasteiger partial charge on any atom is 0.367 e. The number of halogens is 2. The SMILES string of the molecule is CC(O)OS(=O)(=O)C(C)(F)F. The molecular weight excluding hydrogens is 182 g/mol. The minimum Gasteiger partial charge on any atom is -0.367 e. The van der Waals surface area contributed by atoms with Gasteiger partial charge in [0.05, 0.1) is 0 Å². The zero-order valence-corrected chi connectivity index (χ0v) is 6.73. The van der Waals surface area contributed by atoms with Gasteiger partial charge in [-0.2, -0.15) is 17.2 Å². The van der Waals surface area contributed by atoms with E-state index in [4.69, 9.17) is 5.11 Å². The van der Waals surface area contributed by atoms with Crippen molar-refractivity contribution < 1.29 is 26.5 Å². The Morgan fingerprint density at radius 2 is 1.91 bits per heavy atom. The lowest BCUT2D eigenvalue weighted by atomic mass is 10.8. The summed E-state index contributed by atoms with van der Waals surface area (Å²) in [4.78, 5) is 0. The van der Waals surface area contributed by atoms with Crippen LogP contribution >= 0.6 is 0 Å². The van der Waals surface area contributed by atoms with Crippen LogP contribution in [0.2, 0.25) is 0 Å². The van der Waals surface area contributed by atoms with Crippen LogP contribution in [0.3, 0.4) is 0 Å². The third kappa shape index (κ3) is 3.08. The van der Waals surface area contributed by atoms with Crippen LogP contribution in [0.15, 0.2) is 0 Å². The van der Waals surface area contributed by atoms with Gasteiger partial charge in [-0.25, -0.2) is 4.18 Å². The van der Waals surface area contributed by atoms with Gasteiger partial charge >= 0.3 is 15.4 Å². The van der Waals surface area contributed by atoms with Gasteiger partial charge in [0, 0.05) is 6.92 Å². The van der Waals surface area contributed by atoms with Crippen molar-refractivity contribution in [2.75, 3.05) is 0 Å². The van der Waals surface area contributed by atoms with E-state index < -0.39 is 21.7 Å². The molecule has 0 rings (SSSR count). The molecule has 0 aliphatic rings. The van der Waals surface area contributed by atoms with Gasteiger partial charge in [-0.15, -0.1) is 0 Å². The first-order valence-electron chi connectivity index (χ1n) is 2.65. The number of aliphatic hydroxyl groups is 1. The van der Waals surface area contributed by atoms with Crippen molar-refractivity contribution in [1.29, 1.82) is 0 Å². The van der Waals surface area contributed by atoms with E-state index >= 15 is 0 Å². The van der Waals surface area contributed by atoms with Gasteiger partial charge in [0.15, 0.2) is 6.29 Å². The van der Waals surface area contributed by atoms with E-state index in [1.807, 2.05) is 0 Å². The summed E-state index contributed by atoms with van der Waals surface area (Å²) < 4.78 is 48.3. The van der Waals surface area contributed by atoms with Crippen LogP contribution in [0.4, 0.5) is 8.78 Å². The minimum absolute atomic E-state index is 0.171. The Balaban J connectivity index is 4.51. The number of hydrogen-bond acceptors (Lipinski definition) is 4. The molecule has 0 saturated carbocycles. The van der Waals surface area contributed by atoms with Gasteiger partial charge in [0.25, 0.3) is 0 Å². The predicted octanol–water partition coefficient (Wildman–Crippen LogP) is 0.284. The number of rotatable bonds is 3. The zero-order valence-electron chi connectivity index (χ0n) is 5.91. The van der Waals surface area contributed by atoms with Gasteiger partial charge in [0.1, 0.15) is 0 Å². The lowest BCUT2D eigenvalue weighted by Gasteiger charge is -2.12. The second-order valence-electron chi connectivity index (χ2n) is 1.96. The summed E-state index contributed by atoms with van der Waals surface area (Å²) in [5.41, 5.74) is 0. The normalized spacial score (nSPS) is 16.5. The molecule has 1 N–H and O–H groups in total. The third-order valence-electron chi connectivity index (χ3n) is 0.705. The molecule has 1 unspecified atom stereocenters. The molecule has 0 spiro atoms. The Kier molecular flexibility index (Phi) is 2.92. The predicted molar refractivity (Wildman–Crippen MR) is 32.3 cm³/mol. The summed E-state index contributed by atoms with van der Waals surface area (Å²) in [6.07, 6.45) is -1.76. The molecule has 0 bridgehead atoms. The quantitative estimate of drug-likeness (QED) is 0.513. The smallest absolute Gasteiger partial charge is 0.367 e. The molecule has 0 fully saturated rings. The summed E-state index contributed by atoms with van der Waals surface area (Å²) in [7, 11) is -4.98. The zero-order chi connectivity index (χ0) is 9.28. The van der Waals surface area contributed by atoms with Crippen molar-refractivity contribution in [2.45, 2.75) is 25.4 Å². The Morgan fingerprint density at radius 3 is 2.00 bits per heavy atom. The Labute approximate surface area is 62.9 Å². The first kappa shape index (κ1) is 10.7. The van der Waals surface area contributed by atoms with Crippen molar-refractivity contribution in [2.24, 2.45) is 0 Å². The van der Waals surface area contributed by atoms with Gasteiger partial charge in [-0.3, -0.25) is 0 Å². The monoisotopic (exact) mass is 190 g/mol. The van der Waals surface area contributed by atoms with Crippen molar-refractivity contribution in [3.05, 3.63) is 0 Å². The van der Waals surface area contributed by atoms with Crippen LogP contribution in [0.25, 0.3) is 0 Å². The molecule has 68 valence electrons. The second kappa shape index (κ2) is 3.00. The maximum atomic E-state index is 12.0. The summed E-state index contributed by atoms with van der Waals surface area (Å²) in [5.74, 6) is 0. The highest BCUT2D eigenvalue weighted by atomic mass is 32.2. The van der Waals surface area contributed by atoms with Crippen LogP contribution in [0, 0.1) is 0 Å². The average Bonchev–Trinajstić information content (AvgIpc) is 1.56. The fourth-order valence-corrected chi connectivity index (χ4v) is 0.803. The van der Waals surface area contributed by atoms with Crippen molar-refractivity contribution in [1.82, 2.24) is 0 Å². The largest absolute Gasteiger partial charge is 0.367 e. The van der Waals surface area contributed by atoms with E-state index in [2.05, 4.69) is 4.18 Å². The fraction of sp³-hybridized carbons (Fsp3) is 1.00. The lowest BCUT2D eigenvalue weighted by molar-refractivity contribution is -0.0123. The number of alkyl halides is 2. The highest BCUT2D eigenvalue weighted by Gasteiger charge is 2.41. The van der Waals surface area contributed by atoms with Gasteiger partial charge in [-0.1, -0.05) is 0 Å². The number of aliphatic hydroxyl groups excluding tert-OH is 1. The Morgan fingerprint density at radius 1 is 1.55 bits per heavy atom. The number of hydrogen-bond donors (Lipinski definition) is 1. The minimum atomic E-state index is -4.98. The molecule has 0 amide bonds. The summed E-state index contributed by atoms with van der Waals surface area (Å²) in [5, 5.41) is 4.33. The molecule has 0 aromatic rings. The van der Waals surface area contributed by atoms with Gasteiger partial charge in [-0.05, 0) is 6.92 Å². The molecule has 0 radical (unpaired) electrons. The van der Waals surface area contributed by atoms with Crippen LogP contribution < -0.4 is 0 Å². The molecular formula is C4H8F2O4S. The molecule has 7 heteroatoms. The van der Waals surface area contributed by atoms with Crippen LogP contribution in [0.5, 0.6) is 0 Å². The van der Waals surface area contributed by atoms with E-state index in [0.29, 0.717) is 0 Å². The molecule has 0 aliphatic carbocycles. The molecule has 0 heterocycles. The standard InChI is InChI=1S/C4H8F2O4S/c1-3(7)10-11(8,9)4(2,5)6/h3,7H,1-2H3. The van der Waals surface area contributed by atoms with Crippen molar-refractivity contribution >= 4 is 10.1 Å². The highest BCUT2D eigenvalue weighted by molar-refractivity contribution is 7.87. The Hall–Kier alpha value is -0.270. The van der Waals surface area contributed by atoms with Crippen LogP contribution in [0.1, 0.15) is 13.8 Å². The van der Waals surface area contributed by atoms with Gasteiger partial charge < -0.3 is 5.11 Å². The lowest BCUT2D eigenvalue weighted by Crippen LogP contribution is -2.29.